The van der Waals surface area contributed by atoms with Crippen LogP contribution in [0.3, 0.4) is 0 Å². The number of hydrogen-bond donors (Lipinski definition) is 1. The number of fused-ring (bicyclic) bond motifs is 1. The largest absolute Gasteiger partial charge is 0.364 e. The molecule has 4 nitrogen and oxygen atoms in total. The number of hydrogen-bond acceptors (Lipinski definition) is 5. The minimum Gasteiger partial charge on any atom is -0.364 e. The van der Waals surface area contributed by atoms with Crippen LogP contribution < -0.4 is 5.32 Å². The van der Waals surface area contributed by atoms with Gasteiger partial charge in [-0.15, -0.1) is 0 Å². The van der Waals surface area contributed by atoms with Crippen molar-refractivity contribution in [3.8, 4) is 0 Å². The van der Waals surface area contributed by atoms with Gasteiger partial charge in [0.1, 0.15) is 0 Å². The van der Waals surface area contributed by atoms with Crippen LogP contribution in [0.2, 0.25) is 5.02 Å². The summed E-state index contributed by atoms with van der Waals surface area (Å²) >= 11 is 8.26. The summed E-state index contributed by atoms with van der Waals surface area (Å²) in [7, 11) is -3.45. The predicted octanol–water partition coefficient (Wildman–Crippen LogP) is 4.79. The number of rotatable bonds is 7. The average Bonchev–Trinajstić information content (AvgIpc) is 3.04. The Morgan fingerprint density at radius 3 is 2.97 bits per heavy atom. The van der Waals surface area contributed by atoms with E-state index in [1.165, 1.54) is 28.0 Å². The summed E-state index contributed by atoms with van der Waals surface area (Å²) in [6, 6.07) is 6.08. The first-order valence-electron chi connectivity index (χ1n) is 9.92. The first-order valence-corrected chi connectivity index (χ1v) is 13.3. The first-order chi connectivity index (χ1) is 13.8. The van der Waals surface area contributed by atoms with Crippen LogP contribution in [0.5, 0.6) is 0 Å². The summed E-state index contributed by atoms with van der Waals surface area (Å²) in [6.07, 6.45) is 10.3. The number of benzene rings is 1. The van der Waals surface area contributed by atoms with Crippen molar-refractivity contribution in [3.63, 3.8) is 0 Å². The van der Waals surface area contributed by atoms with E-state index in [-0.39, 0.29) is 17.9 Å². The van der Waals surface area contributed by atoms with Crippen LogP contribution in [-0.2, 0) is 20.7 Å². The van der Waals surface area contributed by atoms with Crippen molar-refractivity contribution in [1.29, 1.82) is 0 Å². The topological polar surface area (TPSA) is 55.4 Å². The fraction of sp³-hybridized carbons (Fsp3) is 0.455. The second-order valence-electron chi connectivity index (χ2n) is 7.86. The van der Waals surface area contributed by atoms with Crippen molar-refractivity contribution in [1.82, 2.24) is 5.32 Å². The van der Waals surface area contributed by atoms with E-state index >= 15 is 0 Å². The normalized spacial score (nSPS) is 25.2. The third kappa shape index (κ3) is 4.05. The molecule has 1 spiro atoms. The molecule has 1 aliphatic heterocycles. The Kier molecular flexibility index (Phi) is 5.90. The van der Waals surface area contributed by atoms with Crippen LogP contribution in [0.1, 0.15) is 36.8 Å². The number of allylic oxidation sites excluding steroid dienone is 3. The predicted molar refractivity (Wildman–Crippen MR) is 121 cm³/mol. The van der Waals surface area contributed by atoms with Crippen LogP contribution in [0.15, 0.2) is 53.4 Å². The maximum Gasteiger partial charge on any atom is 0.264 e. The molecule has 0 amide bonds. The van der Waals surface area contributed by atoms with Gasteiger partial charge in [-0.2, -0.15) is 20.2 Å². The van der Waals surface area contributed by atoms with Crippen LogP contribution in [0.25, 0.3) is 0 Å². The van der Waals surface area contributed by atoms with Crippen molar-refractivity contribution in [2.24, 2.45) is 5.41 Å². The van der Waals surface area contributed by atoms with Crippen LogP contribution in [-0.4, -0.2) is 32.8 Å². The minimum absolute atomic E-state index is 0.0914. The van der Waals surface area contributed by atoms with Gasteiger partial charge in [-0.25, -0.2) is 0 Å². The van der Waals surface area contributed by atoms with Gasteiger partial charge < -0.3 is 5.32 Å². The van der Waals surface area contributed by atoms with E-state index in [0.717, 1.165) is 35.6 Å². The molecule has 1 aromatic rings. The van der Waals surface area contributed by atoms with E-state index in [1.807, 2.05) is 17.8 Å². The fourth-order valence-corrected chi connectivity index (χ4v) is 6.15. The molecule has 4 rings (SSSR count). The van der Waals surface area contributed by atoms with Crippen molar-refractivity contribution < 1.29 is 12.6 Å². The standard InChI is InChI=1S/C22H26ClNO3S2/c1-3-28-14-15-5-4-9-22-12-16-11-17(23)6-7-18(16)19(8-10-27-29(2,25)26)20(22)13-24-21(15)22/h4-7,11,13,19,24H,3,8-10,12,14H2,1-2H3. The Bertz CT molecular complexity index is 1010. The maximum absolute atomic E-state index is 11.5. The molecule has 0 radical (unpaired) electrons. The van der Waals surface area contributed by atoms with Gasteiger partial charge in [0.2, 0.25) is 0 Å². The first kappa shape index (κ1) is 21.0. The summed E-state index contributed by atoms with van der Waals surface area (Å²) in [5.74, 6) is 2.18. The highest BCUT2D eigenvalue weighted by molar-refractivity contribution is 7.99. The molecule has 2 unspecified atom stereocenters. The van der Waals surface area contributed by atoms with Gasteiger partial charge in [0.25, 0.3) is 10.1 Å². The molecule has 1 aromatic carbocycles. The van der Waals surface area contributed by atoms with E-state index in [4.69, 9.17) is 15.8 Å². The molecule has 0 bridgehead atoms. The second kappa shape index (κ2) is 8.14. The lowest BCUT2D eigenvalue weighted by atomic mass is 9.60. The second-order valence-corrected chi connectivity index (χ2v) is 11.2. The van der Waals surface area contributed by atoms with Gasteiger partial charge in [0.15, 0.2) is 0 Å². The Balaban J connectivity index is 1.74. The Labute approximate surface area is 182 Å². The van der Waals surface area contributed by atoms with Crippen molar-refractivity contribution in [2.45, 2.75) is 32.1 Å². The Morgan fingerprint density at radius 2 is 2.21 bits per heavy atom. The zero-order chi connectivity index (χ0) is 20.6. The minimum atomic E-state index is -3.45. The molecular formula is C22H26ClNO3S2. The number of halogens is 1. The van der Waals surface area contributed by atoms with Crippen LogP contribution >= 0.6 is 23.4 Å². The molecule has 3 aliphatic rings. The SMILES string of the molecule is CCSCC1=C2NC=C3C(CCOS(C)(=O)=O)c4ccc(Cl)cc4CC32CC=C1. The summed E-state index contributed by atoms with van der Waals surface area (Å²) in [5.41, 5.74) is 6.37. The molecule has 29 heavy (non-hydrogen) atoms. The zero-order valence-corrected chi connectivity index (χ0v) is 19.1. The molecule has 156 valence electrons. The van der Waals surface area contributed by atoms with Gasteiger partial charge in [-0.05, 0) is 59.4 Å². The van der Waals surface area contributed by atoms with Crippen molar-refractivity contribution in [2.75, 3.05) is 24.4 Å². The van der Waals surface area contributed by atoms with E-state index in [0.29, 0.717) is 6.42 Å². The summed E-state index contributed by atoms with van der Waals surface area (Å²) < 4.78 is 28.0. The lowest BCUT2D eigenvalue weighted by molar-refractivity contribution is 0.293. The number of thioether (sulfide) groups is 1. The van der Waals surface area contributed by atoms with Gasteiger partial charge in [-0.3, -0.25) is 4.18 Å². The van der Waals surface area contributed by atoms with Gasteiger partial charge in [-0.1, -0.05) is 36.7 Å². The molecule has 0 aromatic heterocycles. The third-order valence-electron chi connectivity index (χ3n) is 6.02. The van der Waals surface area contributed by atoms with Crippen LogP contribution in [0, 0.1) is 5.41 Å². The van der Waals surface area contributed by atoms with E-state index in [2.05, 4.69) is 42.7 Å². The molecule has 2 aliphatic carbocycles. The Hall–Kier alpha value is -1.21. The van der Waals surface area contributed by atoms with Gasteiger partial charge >= 0.3 is 0 Å². The smallest absolute Gasteiger partial charge is 0.264 e. The summed E-state index contributed by atoms with van der Waals surface area (Å²) in [4.78, 5) is 0. The monoisotopic (exact) mass is 451 g/mol. The lowest BCUT2D eigenvalue weighted by Crippen LogP contribution is -2.36. The Morgan fingerprint density at radius 1 is 1.38 bits per heavy atom. The molecule has 1 N–H and O–H groups in total. The van der Waals surface area contributed by atoms with E-state index < -0.39 is 10.1 Å². The summed E-state index contributed by atoms with van der Waals surface area (Å²) in [5, 5.41) is 4.34. The van der Waals surface area contributed by atoms with E-state index in [9.17, 15) is 8.42 Å². The maximum atomic E-state index is 11.5. The molecule has 7 heteroatoms. The average molecular weight is 452 g/mol. The molecular weight excluding hydrogens is 426 g/mol. The molecule has 0 fully saturated rings. The molecule has 0 saturated heterocycles. The van der Waals surface area contributed by atoms with Gasteiger partial charge in [0.05, 0.1) is 12.9 Å². The highest BCUT2D eigenvalue weighted by Gasteiger charge is 2.49. The molecule has 1 heterocycles. The molecule has 2 atom stereocenters. The van der Waals surface area contributed by atoms with Crippen molar-refractivity contribution >= 4 is 33.5 Å². The summed E-state index contributed by atoms with van der Waals surface area (Å²) in [6.45, 7) is 2.35. The van der Waals surface area contributed by atoms with Crippen molar-refractivity contribution in [3.05, 3.63) is 69.5 Å². The third-order valence-corrected chi connectivity index (χ3v) is 7.78. The van der Waals surface area contributed by atoms with Crippen LogP contribution in [0.4, 0.5) is 0 Å². The van der Waals surface area contributed by atoms with E-state index in [1.54, 1.807) is 0 Å². The molecule has 0 saturated carbocycles. The fourth-order valence-electron chi connectivity index (χ4n) is 4.89. The quantitative estimate of drug-likeness (QED) is 0.604. The highest BCUT2D eigenvalue weighted by Crippen LogP contribution is 2.57. The highest BCUT2D eigenvalue weighted by atomic mass is 35.5. The zero-order valence-electron chi connectivity index (χ0n) is 16.7. The van der Waals surface area contributed by atoms with Gasteiger partial charge in [0, 0.05) is 34.0 Å². The lowest BCUT2D eigenvalue weighted by Gasteiger charge is -2.44. The number of nitrogens with one attached hydrogen (secondary N) is 1.